The van der Waals surface area contributed by atoms with Crippen molar-refractivity contribution in [3.63, 3.8) is 0 Å². The van der Waals surface area contributed by atoms with E-state index in [1.54, 1.807) is 36.4 Å². The van der Waals surface area contributed by atoms with Gasteiger partial charge in [0.2, 0.25) is 5.88 Å². The van der Waals surface area contributed by atoms with Gasteiger partial charge in [0.15, 0.2) is 5.65 Å². The molecule has 7 heteroatoms. The van der Waals surface area contributed by atoms with Crippen molar-refractivity contribution in [1.82, 2.24) is 25.1 Å². The Labute approximate surface area is 158 Å². The summed E-state index contributed by atoms with van der Waals surface area (Å²) in [5.41, 5.74) is 1.20. The van der Waals surface area contributed by atoms with Crippen molar-refractivity contribution in [2.24, 2.45) is 5.92 Å². The number of hydrogen-bond acceptors (Lipinski definition) is 5. The molecule has 0 aliphatic rings. The van der Waals surface area contributed by atoms with Crippen molar-refractivity contribution in [3.05, 3.63) is 48.3 Å². The Bertz CT molecular complexity index is 906. The van der Waals surface area contributed by atoms with Crippen LogP contribution in [0.1, 0.15) is 50.4 Å². The van der Waals surface area contributed by atoms with Crippen LogP contribution in [0.5, 0.6) is 11.6 Å². The summed E-state index contributed by atoms with van der Waals surface area (Å²) in [4.78, 5) is 12.5. The fraction of sp³-hybridized carbons (Fsp3) is 0.400. The first kappa shape index (κ1) is 18.8. The molecular weight excluding hydrogens is 342 g/mol. The molecule has 0 unspecified atom stereocenters. The highest BCUT2D eigenvalue weighted by atomic mass is 16.5. The van der Waals surface area contributed by atoms with E-state index in [9.17, 15) is 4.79 Å². The lowest BCUT2D eigenvalue weighted by molar-refractivity contribution is 0.0937. The number of fused-ring (bicyclic) bond motifs is 1. The Balaban J connectivity index is 1.61. The number of ether oxygens (including phenoxy) is 1. The number of carbonyl (C=O) groups is 1. The van der Waals surface area contributed by atoms with Gasteiger partial charge < -0.3 is 10.1 Å². The van der Waals surface area contributed by atoms with E-state index in [1.165, 1.54) is 17.3 Å². The number of amides is 1. The predicted molar refractivity (Wildman–Crippen MR) is 103 cm³/mol. The van der Waals surface area contributed by atoms with Crippen molar-refractivity contribution in [2.45, 2.75) is 46.1 Å². The normalized spacial score (nSPS) is 12.3. The van der Waals surface area contributed by atoms with Crippen LogP contribution >= 0.6 is 0 Å². The Hall–Kier alpha value is -2.96. The van der Waals surface area contributed by atoms with Gasteiger partial charge >= 0.3 is 0 Å². The number of aromatic nitrogens is 4. The molecule has 3 rings (SSSR count). The van der Waals surface area contributed by atoms with Gasteiger partial charge in [0.25, 0.3) is 5.91 Å². The van der Waals surface area contributed by atoms with Crippen LogP contribution in [-0.2, 0) is 0 Å². The largest absolute Gasteiger partial charge is 0.438 e. The molecule has 0 saturated carbocycles. The highest BCUT2D eigenvalue weighted by Crippen LogP contribution is 2.20. The number of carbonyl (C=O) groups excluding carboxylic acids is 1. The summed E-state index contributed by atoms with van der Waals surface area (Å²) < 4.78 is 7.31. The van der Waals surface area contributed by atoms with Crippen molar-refractivity contribution in [1.29, 1.82) is 0 Å². The molecule has 0 spiro atoms. The Morgan fingerprint density at radius 1 is 1.19 bits per heavy atom. The summed E-state index contributed by atoms with van der Waals surface area (Å²) in [6, 6.07) is 10.7. The molecule has 0 radical (unpaired) electrons. The van der Waals surface area contributed by atoms with Gasteiger partial charge in [0.05, 0.1) is 0 Å². The summed E-state index contributed by atoms with van der Waals surface area (Å²) in [6.07, 6.45) is 4.77. The maximum Gasteiger partial charge on any atom is 0.251 e. The van der Waals surface area contributed by atoms with Crippen LogP contribution < -0.4 is 10.1 Å². The summed E-state index contributed by atoms with van der Waals surface area (Å²) in [5, 5.41) is 15.0. The van der Waals surface area contributed by atoms with Gasteiger partial charge in [-0.1, -0.05) is 32.8 Å². The second-order valence-electron chi connectivity index (χ2n) is 7.13. The fourth-order valence-electron chi connectivity index (χ4n) is 2.80. The van der Waals surface area contributed by atoms with Crippen molar-refractivity contribution >= 4 is 11.6 Å². The molecule has 3 aromatic rings. The average Bonchev–Trinajstić information content (AvgIpc) is 3.09. The molecule has 0 fully saturated rings. The Morgan fingerprint density at radius 3 is 2.85 bits per heavy atom. The zero-order valence-corrected chi connectivity index (χ0v) is 15.9. The standard InChI is InChI=1S/C20H25N5O2/c1-14(2)6-4-7-15(3)22-20(26)16-8-5-9-17(12-16)27-19-11-10-18-23-21-13-25(18)24-19/h5,8-15H,4,6-7H2,1-3H3,(H,22,26)/t15-/m0/s1. The van der Waals surface area contributed by atoms with Crippen LogP contribution in [0.3, 0.4) is 0 Å². The third-order valence-corrected chi connectivity index (χ3v) is 4.25. The van der Waals surface area contributed by atoms with Gasteiger partial charge in [0.1, 0.15) is 12.1 Å². The minimum absolute atomic E-state index is 0.0975. The molecule has 7 nitrogen and oxygen atoms in total. The number of nitrogens with zero attached hydrogens (tertiary/aromatic N) is 4. The summed E-state index contributed by atoms with van der Waals surface area (Å²) in [6.45, 7) is 6.46. The number of hydrogen-bond donors (Lipinski definition) is 1. The highest BCUT2D eigenvalue weighted by molar-refractivity contribution is 5.94. The van der Waals surface area contributed by atoms with Crippen molar-refractivity contribution in [3.8, 4) is 11.6 Å². The van der Waals surface area contributed by atoms with Crippen LogP contribution in [0.4, 0.5) is 0 Å². The van der Waals surface area contributed by atoms with E-state index in [0.29, 0.717) is 28.8 Å². The molecule has 0 saturated heterocycles. The first-order chi connectivity index (χ1) is 13.0. The van der Waals surface area contributed by atoms with Gasteiger partial charge in [-0.2, -0.15) is 4.52 Å². The van der Waals surface area contributed by atoms with E-state index >= 15 is 0 Å². The number of benzene rings is 1. The van der Waals surface area contributed by atoms with E-state index < -0.39 is 0 Å². The van der Waals surface area contributed by atoms with E-state index in [0.717, 1.165) is 12.8 Å². The van der Waals surface area contributed by atoms with Gasteiger partial charge in [-0.3, -0.25) is 4.79 Å². The minimum Gasteiger partial charge on any atom is -0.438 e. The molecule has 1 atom stereocenters. The average molecular weight is 367 g/mol. The smallest absolute Gasteiger partial charge is 0.251 e. The third-order valence-electron chi connectivity index (χ3n) is 4.25. The maximum absolute atomic E-state index is 12.5. The molecule has 0 bridgehead atoms. The molecular formula is C20H25N5O2. The maximum atomic E-state index is 12.5. The fourth-order valence-corrected chi connectivity index (χ4v) is 2.80. The number of rotatable bonds is 8. The molecule has 2 heterocycles. The SMILES string of the molecule is CC(C)CCC[C@H](C)NC(=O)c1cccc(Oc2ccc3nncn3n2)c1. The van der Waals surface area contributed by atoms with E-state index in [-0.39, 0.29) is 11.9 Å². The quantitative estimate of drug-likeness (QED) is 0.654. The molecule has 2 aromatic heterocycles. The lowest BCUT2D eigenvalue weighted by Gasteiger charge is -2.15. The first-order valence-electron chi connectivity index (χ1n) is 9.27. The van der Waals surface area contributed by atoms with Gasteiger partial charge in [-0.25, -0.2) is 0 Å². The Morgan fingerprint density at radius 2 is 2.04 bits per heavy atom. The molecule has 1 aromatic carbocycles. The Kier molecular flexibility index (Phi) is 6.01. The second-order valence-corrected chi connectivity index (χ2v) is 7.13. The van der Waals surface area contributed by atoms with Crippen LogP contribution in [0.25, 0.3) is 5.65 Å². The monoisotopic (exact) mass is 367 g/mol. The zero-order chi connectivity index (χ0) is 19.2. The minimum atomic E-state index is -0.0975. The van der Waals surface area contributed by atoms with Gasteiger partial charge in [-0.15, -0.1) is 15.3 Å². The molecule has 142 valence electrons. The first-order valence-corrected chi connectivity index (χ1v) is 9.27. The molecule has 0 aliphatic carbocycles. The zero-order valence-electron chi connectivity index (χ0n) is 15.9. The predicted octanol–water partition coefficient (Wildman–Crippen LogP) is 3.86. The second kappa shape index (κ2) is 8.62. The lowest BCUT2D eigenvalue weighted by Crippen LogP contribution is -2.32. The van der Waals surface area contributed by atoms with Gasteiger partial charge in [0, 0.05) is 17.7 Å². The lowest BCUT2D eigenvalue weighted by atomic mass is 10.0. The van der Waals surface area contributed by atoms with Crippen LogP contribution in [0.15, 0.2) is 42.7 Å². The van der Waals surface area contributed by atoms with Gasteiger partial charge in [-0.05, 0) is 43.5 Å². The van der Waals surface area contributed by atoms with Crippen molar-refractivity contribution < 1.29 is 9.53 Å². The summed E-state index contributed by atoms with van der Waals surface area (Å²) in [5.74, 6) is 1.55. The highest BCUT2D eigenvalue weighted by Gasteiger charge is 2.11. The van der Waals surface area contributed by atoms with E-state index in [4.69, 9.17) is 4.74 Å². The summed E-state index contributed by atoms with van der Waals surface area (Å²) >= 11 is 0. The van der Waals surface area contributed by atoms with E-state index in [1.807, 2.05) is 6.92 Å². The van der Waals surface area contributed by atoms with Crippen LogP contribution in [-0.4, -0.2) is 31.8 Å². The molecule has 27 heavy (non-hydrogen) atoms. The molecule has 0 aliphatic heterocycles. The van der Waals surface area contributed by atoms with Crippen LogP contribution in [0, 0.1) is 5.92 Å². The third kappa shape index (κ3) is 5.26. The number of nitrogens with one attached hydrogen (secondary N) is 1. The molecule has 1 N–H and O–H groups in total. The summed E-state index contributed by atoms with van der Waals surface area (Å²) in [7, 11) is 0. The topological polar surface area (TPSA) is 81.4 Å². The molecule has 1 amide bonds. The van der Waals surface area contributed by atoms with Crippen molar-refractivity contribution in [2.75, 3.05) is 0 Å². The van der Waals surface area contributed by atoms with Crippen LogP contribution in [0.2, 0.25) is 0 Å². The van der Waals surface area contributed by atoms with E-state index in [2.05, 4.69) is 34.5 Å².